The van der Waals surface area contributed by atoms with E-state index in [0.29, 0.717) is 22.5 Å². The predicted molar refractivity (Wildman–Crippen MR) is 122 cm³/mol. The van der Waals surface area contributed by atoms with Gasteiger partial charge in [-0.25, -0.2) is 4.98 Å². The number of rotatable bonds is 3. The molecule has 1 aliphatic carbocycles. The van der Waals surface area contributed by atoms with Crippen LogP contribution in [-0.2, 0) is 7.05 Å². The highest BCUT2D eigenvalue weighted by Crippen LogP contribution is 2.33. The standard InChI is InChI=1S/C25H25N3O3/c1-27-20-11-7-6-10-19(20)22(29)21-24(27)26-23(16-8-4-3-5-9-16)28(25(21)30)17-12-14-18(31-2)15-13-17/h6-7,10-16H,3-5,8-9H2,1-2H3. The number of hydrogen-bond donors (Lipinski definition) is 0. The van der Waals surface area contributed by atoms with Crippen molar-refractivity contribution >= 4 is 21.9 Å². The topological polar surface area (TPSA) is 66.1 Å². The number of benzene rings is 2. The zero-order valence-electron chi connectivity index (χ0n) is 17.8. The predicted octanol–water partition coefficient (Wildman–Crippen LogP) is 4.29. The molecule has 0 atom stereocenters. The summed E-state index contributed by atoms with van der Waals surface area (Å²) in [5.74, 6) is 1.65. The monoisotopic (exact) mass is 415 g/mol. The smallest absolute Gasteiger partial charge is 0.271 e. The lowest BCUT2D eigenvalue weighted by molar-refractivity contribution is 0.414. The number of methoxy groups -OCH3 is 1. The maximum atomic E-state index is 13.8. The van der Waals surface area contributed by atoms with Gasteiger partial charge in [-0.15, -0.1) is 0 Å². The number of fused-ring (bicyclic) bond motifs is 2. The van der Waals surface area contributed by atoms with Crippen LogP contribution in [0.15, 0.2) is 58.1 Å². The van der Waals surface area contributed by atoms with Gasteiger partial charge in [0.25, 0.3) is 5.56 Å². The molecule has 0 saturated heterocycles. The van der Waals surface area contributed by atoms with Gasteiger partial charge in [-0.05, 0) is 49.2 Å². The largest absolute Gasteiger partial charge is 0.497 e. The van der Waals surface area contributed by atoms with Crippen molar-refractivity contribution in [1.29, 1.82) is 0 Å². The number of hydrogen-bond acceptors (Lipinski definition) is 4. The van der Waals surface area contributed by atoms with E-state index < -0.39 is 0 Å². The summed E-state index contributed by atoms with van der Waals surface area (Å²) in [5, 5.41) is 0.666. The minimum Gasteiger partial charge on any atom is -0.497 e. The minimum atomic E-state index is -0.304. The first kappa shape index (κ1) is 19.5. The van der Waals surface area contributed by atoms with Crippen LogP contribution in [0.25, 0.3) is 27.6 Å². The summed E-state index contributed by atoms with van der Waals surface area (Å²) < 4.78 is 8.80. The summed E-state index contributed by atoms with van der Waals surface area (Å²) in [7, 11) is 3.49. The van der Waals surface area contributed by atoms with Gasteiger partial charge in [0.2, 0.25) is 5.43 Å². The van der Waals surface area contributed by atoms with Gasteiger partial charge in [-0.3, -0.25) is 14.2 Å². The van der Waals surface area contributed by atoms with Crippen LogP contribution in [0.5, 0.6) is 5.75 Å². The molecule has 4 aromatic rings. The lowest BCUT2D eigenvalue weighted by Gasteiger charge is -2.25. The van der Waals surface area contributed by atoms with Crippen LogP contribution in [-0.4, -0.2) is 21.2 Å². The molecule has 2 aromatic heterocycles. The van der Waals surface area contributed by atoms with E-state index in [9.17, 15) is 9.59 Å². The second-order valence-corrected chi connectivity index (χ2v) is 8.25. The summed E-state index contributed by atoms with van der Waals surface area (Å²) in [6, 6.07) is 14.7. The van der Waals surface area contributed by atoms with Crippen LogP contribution in [0.4, 0.5) is 0 Å². The molecule has 158 valence electrons. The number of aromatic nitrogens is 3. The van der Waals surface area contributed by atoms with Crippen molar-refractivity contribution in [2.75, 3.05) is 7.11 Å². The van der Waals surface area contributed by atoms with Crippen molar-refractivity contribution in [3.63, 3.8) is 0 Å². The Labute approximate surface area is 179 Å². The summed E-state index contributed by atoms with van der Waals surface area (Å²) in [4.78, 5) is 32.2. The third kappa shape index (κ3) is 3.14. The zero-order valence-corrected chi connectivity index (χ0v) is 17.8. The van der Waals surface area contributed by atoms with E-state index in [1.807, 2.05) is 54.1 Å². The molecule has 2 aromatic carbocycles. The number of pyridine rings is 1. The number of nitrogens with zero attached hydrogens (tertiary/aromatic N) is 3. The quantitative estimate of drug-likeness (QED) is 0.468. The lowest BCUT2D eigenvalue weighted by Crippen LogP contribution is -2.31. The second-order valence-electron chi connectivity index (χ2n) is 8.25. The van der Waals surface area contributed by atoms with E-state index in [0.717, 1.165) is 37.0 Å². The Bertz CT molecular complexity index is 1390. The third-order valence-electron chi connectivity index (χ3n) is 6.45. The molecular weight excluding hydrogens is 390 g/mol. The van der Waals surface area contributed by atoms with Gasteiger partial charge in [-0.2, -0.15) is 0 Å². The summed E-state index contributed by atoms with van der Waals surface area (Å²) in [5.41, 5.74) is 1.37. The highest BCUT2D eigenvalue weighted by atomic mass is 16.5. The summed E-state index contributed by atoms with van der Waals surface area (Å²) in [6.07, 6.45) is 5.45. The van der Waals surface area contributed by atoms with Gasteiger partial charge in [0.15, 0.2) is 5.65 Å². The molecule has 0 radical (unpaired) electrons. The van der Waals surface area contributed by atoms with E-state index in [-0.39, 0.29) is 22.3 Å². The van der Waals surface area contributed by atoms with E-state index in [1.165, 1.54) is 6.42 Å². The number of para-hydroxylation sites is 1. The van der Waals surface area contributed by atoms with Gasteiger partial charge in [0, 0.05) is 18.4 Å². The molecule has 0 bridgehead atoms. The SMILES string of the molecule is COc1ccc(-n2c(C3CCCCC3)nc3c(c(=O)c4ccccc4n3C)c2=O)cc1. The van der Waals surface area contributed by atoms with Crippen LogP contribution >= 0.6 is 0 Å². The molecule has 0 aliphatic heterocycles. The van der Waals surface area contributed by atoms with Crippen LogP contribution in [0.1, 0.15) is 43.8 Å². The molecule has 0 amide bonds. The highest BCUT2D eigenvalue weighted by Gasteiger charge is 2.25. The highest BCUT2D eigenvalue weighted by molar-refractivity contribution is 5.91. The third-order valence-corrected chi connectivity index (χ3v) is 6.45. The van der Waals surface area contributed by atoms with Crippen molar-refractivity contribution < 1.29 is 4.74 Å². The first-order valence-electron chi connectivity index (χ1n) is 10.8. The van der Waals surface area contributed by atoms with Crippen molar-refractivity contribution in [1.82, 2.24) is 14.1 Å². The Hall–Kier alpha value is -3.41. The zero-order chi connectivity index (χ0) is 21.5. The molecule has 2 heterocycles. The molecular formula is C25H25N3O3. The van der Waals surface area contributed by atoms with Crippen LogP contribution in [0.3, 0.4) is 0 Å². The van der Waals surface area contributed by atoms with Crippen molar-refractivity contribution in [2.45, 2.75) is 38.0 Å². The van der Waals surface area contributed by atoms with Gasteiger partial charge in [-0.1, -0.05) is 31.4 Å². The molecule has 1 saturated carbocycles. The number of ether oxygens (including phenoxy) is 1. The first-order chi connectivity index (χ1) is 15.1. The Morgan fingerprint density at radius 2 is 1.68 bits per heavy atom. The van der Waals surface area contributed by atoms with Gasteiger partial charge in [0.05, 0.1) is 18.3 Å². The van der Waals surface area contributed by atoms with Gasteiger partial charge < -0.3 is 9.30 Å². The molecule has 0 unspecified atom stereocenters. The number of aryl methyl sites for hydroxylation is 1. The summed E-state index contributed by atoms with van der Waals surface area (Å²) in [6.45, 7) is 0. The normalized spacial score (nSPS) is 14.9. The van der Waals surface area contributed by atoms with E-state index in [1.54, 1.807) is 17.7 Å². The van der Waals surface area contributed by atoms with Gasteiger partial charge in [0.1, 0.15) is 17.0 Å². The summed E-state index contributed by atoms with van der Waals surface area (Å²) >= 11 is 0. The first-order valence-corrected chi connectivity index (χ1v) is 10.8. The molecule has 0 spiro atoms. The van der Waals surface area contributed by atoms with Crippen LogP contribution in [0, 0.1) is 0 Å². The Kier molecular flexibility index (Phi) is 4.85. The molecule has 0 N–H and O–H groups in total. The van der Waals surface area contributed by atoms with Crippen LogP contribution < -0.4 is 15.7 Å². The average Bonchev–Trinajstić information content (AvgIpc) is 2.82. The fraction of sp³-hybridized carbons (Fsp3) is 0.320. The van der Waals surface area contributed by atoms with Crippen molar-refractivity contribution in [2.24, 2.45) is 7.05 Å². The maximum Gasteiger partial charge on any atom is 0.271 e. The minimum absolute atomic E-state index is 0.136. The molecule has 31 heavy (non-hydrogen) atoms. The molecule has 6 nitrogen and oxygen atoms in total. The fourth-order valence-electron chi connectivity index (χ4n) is 4.79. The van der Waals surface area contributed by atoms with E-state index in [4.69, 9.17) is 9.72 Å². The van der Waals surface area contributed by atoms with Crippen molar-refractivity contribution in [3.05, 3.63) is 74.9 Å². The Morgan fingerprint density at radius 3 is 2.39 bits per heavy atom. The van der Waals surface area contributed by atoms with Crippen LogP contribution in [0.2, 0.25) is 0 Å². The van der Waals surface area contributed by atoms with E-state index >= 15 is 0 Å². The fourth-order valence-corrected chi connectivity index (χ4v) is 4.79. The Balaban J connectivity index is 1.89. The maximum absolute atomic E-state index is 13.8. The molecule has 6 heteroatoms. The second kappa shape index (κ2) is 7.69. The lowest BCUT2D eigenvalue weighted by atomic mass is 9.88. The van der Waals surface area contributed by atoms with Gasteiger partial charge >= 0.3 is 0 Å². The van der Waals surface area contributed by atoms with Crippen molar-refractivity contribution in [3.8, 4) is 11.4 Å². The molecule has 1 aliphatic rings. The Morgan fingerprint density at radius 1 is 0.968 bits per heavy atom. The average molecular weight is 415 g/mol. The van der Waals surface area contributed by atoms with E-state index in [2.05, 4.69) is 0 Å². The molecule has 5 rings (SSSR count). The molecule has 1 fully saturated rings.